The Kier molecular flexibility index (Phi) is 8.53. The van der Waals surface area contributed by atoms with Gasteiger partial charge >= 0.3 is 5.97 Å². The van der Waals surface area contributed by atoms with Crippen molar-refractivity contribution in [3.05, 3.63) is 28.7 Å². The van der Waals surface area contributed by atoms with E-state index >= 15 is 0 Å². The average molecular weight is 487 g/mol. The number of amides is 1. The standard InChI is InChI=1S/C26H34N2O5S/c1-31-22-15-18(13-14-21(22)33-17-24(29)32-2)16-23-25(30)28(20-11-7-4-8-12-20)26(34-23)27-19-9-5-3-6-10-19/h13-16,19-20H,3-12,17H2,1-2H3. The lowest BCUT2D eigenvalue weighted by molar-refractivity contribution is -0.142. The molecular formula is C26H34N2O5S. The summed E-state index contributed by atoms with van der Waals surface area (Å²) in [5.74, 6) is 0.531. The zero-order chi connectivity index (χ0) is 23.9. The lowest BCUT2D eigenvalue weighted by Crippen LogP contribution is -2.41. The van der Waals surface area contributed by atoms with E-state index in [1.165, 1.54) is 57.4 Å². The van der Waals surface area contributed by atoms with Gasteiger partial charge in [0.15, 0.2) is 23.3 Å². The first-order chi connectivity index (χ1) is 16.6. The second-order valence-electron chi connectivity index (χ2n) is 9.06. The summed E-state index contributed by atoms with van der Waals surface area (Å²) in [5, 5.41) is 0.875. The maximum absolute atomic E-state index is 13.5. The van der Waals surface area contributed by atoms with Gasteiger partial charge < -0.3 is 14.2 Å². The average Bonchev–Trinajstić information content (AvgIpc) is 3.17. The van der Waals surface area contributed by atoms with Gasteiger partial charge in [0.1, 0.15) is 0 Å². The second kappa shape index (κ2) is 11.8. The van der Waals surface area contributed by atoms with Crippen LogP contribution in [0.3, 0.4) is 0 Å². The predicted octanol–water partition coefficient (Wildman–Crippen LogP) is 5.18. The molecule has 0 radical (unpaired) electrons. The van der Waals surface area contributed by atoms with Crippen molar-refractivity contribution in [2.75, 3.05) is 20.8 Å². The first-order valence-corrected chi connectivity index (χ1v) is 13.1. The minimum atomic E-state index is -0.464. The highest BCUT2D eigenvalue weighted by molar-refractivity contribution is 8.18. The molecule has 1 heterocycles. The maximum Gasteiger partial charge on any atom is 0.343 e. The van der Waals surface area contributed by atoms with E-state index in [-0.39, 0.29) is 18.6 Å². The van der Waals surface area contributed by atoms with E-state index < -0.39 is 5.97 Å². The normalized spacial score (nSPS) is 22.4. The van der Waals surface area contributed by atoms with Crippen molar-refractivity contribution in [2.45, 2.75) is 76.3 Å². The first kappa shape index (κ1) is 24.6. The van der Waals surface area contributed by atoms with Crippen LogP contribution in [0.2, 0.25) is 0 Å². The monoisotopic (exact) mass is 486 g/mol. The molecule has 184 valence electrons. The summed E-state index contributed by atoms with van der Waals surface area (Å²) in [6, 6.07) is 5.98. The summed E-state index contributed by atoms with van der Waals surface area (Å²) in [6.45, 7) is -0.195. The van der Waals surface area contributed by atoms with E-state index in [1.807, 2.05) is 23.1 Å². The van der Waals surface area contributed by atoms with Gasteiger partial charge in [-0.15, -0.1) is 0 Å². The van der Waals surface area contributed by atoms with Crippen molar-refractivity contribution in [1.29, 1.82) is 0 Å². The van der Waals surface area contributed by atoms with Crippen LogP contribution in [0, 0.1) is 0 Å². The molecule has 0 atom stereocenters. The van der Waals surface area contributed by atoms with E-state index in [9.17, 15) is 9.59 Å². The van der Waals surface area contributed by atoms with Crippen molar-refractivity contribution in [1.82, 2.24) is 4.90 Å². The lowest BCUT2D eigenvalue weighted by Gasteiger charge is -2.31. The Labute approximate surface area is 205 Å². The zero-order valence-electron chi connectivity index (χ0n) is 20.1. The van der Waals surface area contributed by atoms with Crippen LogP contribution in [0.5, 0.6) is 11.5 Å². The Bertz CT molecular complexity index is 949. The van der Waals surface area contributed by atoms with Gasteiger partial charge in [-0.25, -0.2) is 4.79 Å². The van der Waals surface area contributed by atoms with Crippen LogP contribution in [0.25, 0.3) is 6.08 Å². The first-order valence-electron chi connectivity index (χ1n) is 12.3. The second-order valence-corrected chi connectivity index (χ2v) is 10.1. The van der Waals surface area contributed by atoms with E-state index in [4.69, 9.17) is 14.5 Å². The number of esters is 1. The van der Waals surface area contributed by atoms with Gasteiger partial charge in [-0.1, -0.05) is 44.6 Å². The number of nitrogens with zero attached hydrogens (tertiary/aromatic N) is 2. The third-order valence-electron chi connectivity index (χ3n) is 6.70. The van der Waals surface area contributed by atoms with Crippen LogP contribution in [0.1, 0.15) is 69.8 Å². The van der Waals surface area contributed by atoms with Crippen molar-refractivity contribution < 1.29 is 23.8 Å². The molecule has 7 nitrogen and oxygen atoms in total. The molecule has 0 unspecified atom stereocenters. The molecule has 0 aromatic heterocycles. The van der Waals surface area contributed by atoms with Gasteiger partial charge in [0.05, 0.1) is 25.2 Å². The van der Waals surface area contributed by atoms with Crippen LogP contribution >= 0.6 is 11.8 Å². The molecule has 1 aromatic carbocycles. The van der Waals surface area contributed by atoms with Crippen molar-refractivity contribution in [3.63, 3.8) is 0 Å². The molecule has 2 saturated carbocycles. The van der Waals surface area contributed by atoms with Crippen LogP contribution in [0.15, 0.2) is 28.1 Å². The Hall–Kier alpha value is -2.48. The SMILES string of the molecule is COC(=O)COc1ccc(C=C2SC(=NC3CCCCC3)N(C3CCCCC3)C2=O)cc1OC. The summed E-state index contributed by atoms with van der Waals surface area (Å²) < 4.78 is 15.6. The summed E-state index contributed by atoms with van der Waals surface area (Å²) in [7, 11) is 2.86. The molecule has 2 aliphatic carbocycles. The number of methoxy groups -OCH3 is 2. The van der Waals surface area contributed by atoms with Crippen LogP contribution < -0.4 is 9.47 Å². The van der Waals surface area contributed by atoms with Crippen molar-refractivity contribution in [2.24, 2.45) is 4.99 Å². The van der Waals surface area contributed by atoms with E-state index in [0.717, 1.165) is 36.4 Å². The molecule has 0 N–H and O–H groups in total. The highest BCUT2D eigenvalue weighted by atomic mass is 32.2. The molecule has 0 spiro atoms. The summed E-state index contributed by atoms with van der Waals surface area (Å²) in [6.07, 6.45) is 13.5. The number of hydrogen-bond acceptors (Lipinski definition) is 7. The largest absolute Gasteiger partial charge is 0.493 e. The molecule has 3 fully saturated rings. The molecule has 34 heavy (non-hydrogen) atoms. The number of amidine groups is 1. The number of aliphatic imine (C=N–C) groups is 1. The molecule has 1 aliphatic heterocycles. The number of carbonyl (C=O) groups excluding carboxylic acids is 2. The van der Waals surface area contributed by atoms with Gasteiger partial charge in [-0.05, 0) is 61.2 Å². The quantitative estimate of drug-likeness (QED) is 0.390. The number of ether oxygens (including phenoxy) is 3. The van der Waals surface area contributed by atoms with Crippen molar-refractivity contribution in [3.8, 4) is 11.5 Å². The van der Waals surface area contributed by atoms with Gasteiger partial charge in [0, 0.05) is 6.04 Å². The minimum absolute atomic E-state index is 0.0523. The van der Waals surface area contributed by atoms with Gasteiger partial charge in [0.2, 0.25) is 0 Å². The van der Waals surface area contributed by atoms with Crippen LogP contribution in [-0.2, 0) is 14.3 Å². The number of hydrogen-bond donors (Lipinski definition) is 0. The molecular weight excluding hydrogens is 452 g/mol. The van der Waals surface area contributed by atoms with Crippen molar-refractivity contribution >= 4 is 34.9 Å². The summed E-state index contributed by atoms with van der Waals surface area (Å²) >= 11 is 1.50. The number of carbonyl (C=O) groups is 2. The fraction of sp³-hybridized carbons (Fsp3) is 0.577. The van der Waals surface area contributed by atoms with E-state index in [1.54, 1.807) is 13.2 Å². The maximum atomic E-state index is 13.5. The highest BCUT2D eigenvalue weighted by Gasteiger charge is 2.39. The van der Waals surface area contributed by atoms with Gasteiger partial charge in [-0.2, -0.15) is 0 Å². The zero-order valence-corrected chi connectivity index (χ0v) is 20.9. The Morgan fingerprint density at radius 3 is 2.44 bits per heavy atom. The van der Waals surface area contributed by atoms with E-state index in [0.29, 0.717) is 22.4 Å². The van der Waals surface area contributed by atoms with Gasteiger partial charge in [-0.3, -0.25) is 14.7 Å². The molecule has 3 aliphatic rings. The Morgan fingerprint density at radius 1 is 1.06 bits per heavy atom. The molecule has 1 aromatic rings. The highest BCUT2D eigenvalue weighted by Crippen LogP contribution is 2.39. The Morgan fingerprint density at radius 2 is 1.76 bits per heavy atom. The summed E-state index contributed by atoms with van der Waals surface area (Å²) in [5.41, 5.74) is 0.834. The molecule has 1 amide bonds. The smallest absolute Gasteiger partial charge is 0.343 e. The van der Waals surface area contributed by atoms with E-state index in [2.05, 4.69) is 4.74 Å². The lowest BCUT2D eigenvalue weighted by atomic mass is 9.94. The molecule has 4 rings (SSSR count). The minimum Gasteiger partial charge on any atom is -0.493 e. The number of thioether (sulfide) groups is 1. The third-order valence-corrected chi connectivity index (χ3v) is 7.70. The molecule has 0 bridgehead atoms. The Balaban J connectivity index is 1.57. The van der Waals surface area contributed by atoms with Gasteiger partial charge in [0.25, 0.3) is 5.91 Å². The molecule has 8 heteroatoms. The third kappa shape index (κ3) is 5.95. The summed E-state index contributed by atoms with van der Waals surface area (Å²) in [4.78, 5) is 32.7. The topological polar surface area (TPSA) is 77.4 Å². The fourth-order valence-electron chi connectivity index (χ4n) is 4.84. The number of rotatable bonds is 7. The predicted molar refractivity (Wildman–Crippen MR) is 134 cm³/mol. The molecule has 1 saturated heterocycles. The van der Waals surface area contributed by atoms with Crippen LogP contribution in [0.4, 0.5) is 0 Å². The fourth-order valence-corrected chi connectivity index (χ4v) is 5.95. The number of benzene rings is 1. The van der Waals surface area contributed by atoms with Crippen LogP contribution in [-0.4, -0.2) is 54.9 Å².